The summed E-state index contributed by atoms with van der Waals surface area (Å²) in [5.74, 6) is -2.12. The number of phenols is 1. The molecule has 1 fully saturated rings. The Morgan fingerprint density at radius 1 is 1.10 bits per heavy atom. The Hall–Kier alpha value is -3.71. The van der Waals surface area contributed by atoms with E-state index in [1.54, 1.807) is 23.5 Å². The van der Waals surface area contributed by atoms with E-state index in [-0.39, 0.29) is 28.7 Å². The first-order valence-corrected chi connectivity index (χ1v) is 13.4. The number of aromatic nitrogens is 3. The van der Waals surface area contributed by atoms with E-state index in [0.29, 0.717) is 23.4 Å². The molecule has 2 N–H and O–H groups in total. The van der Waals surface area contributed by atoms with Gasteiger partial charge < -0.3 is 20.1 Å². The van der Waals surface area contributed by atoms with Crippen LogP contribution in [0, 0.1) is 5.82 Å². The second-order valence-corrected chi connectivity index (χ2v) is 10.2. The van der Waals surface area contributed by atoms with Gasteiger partial charge in [-0.3, -0.25) is 14.3 Å². The summed E-state index contributed by atoms with van der Waals surface area (Å²) in [6.45, 7) is 9.05. The molecular weight excluding hydrogens is 544 g/mol. The largest absolute Gasteiger partial charge is 0.507 e. The number of alkyl halides is 3. The van der Waals surface area contributed by atoms with Crippen molar-refractivity contribution in [3.63, 3.8) is 0 Å². The molecule has 1 aliphatic heterocycles. The normalized spacial score (nSPS) is 15.0. The van der Waals surface area contributed by atoms with Crippen LogP contribution in [-0.2, 0) is 6.54 Å². The van der Waals surface area contributed by atoms with Crippen LogP contribution >= 0.6 is 0 Å². The van der Waals surface area contributed by atoms with Gasteiger partial charge in [0.2, 0.25) is 5.82 Å². The van der Waals surface area contributed by atoms with Crippen LogP contribution in [0.25, 0.3) is 17.1 Å². The molecule has 222 valence electrons. The van der Waals surface area contributed by atoms with E-state index in [1.807, 2.05) is 13.8 Å². The van der Waals surface area contributed by atoms with Gasteiger partial charge in [-0.05, 0) is 36.2 Å². The second kappa shape index (κ2) is 12.4. The summed E-state index contributed by atoms with van der Waals surface area (Å²) in [6.07, 6.45) is -4.65. The Bertz CT molecular complexity index is 1380. The van der Waals surface area contributed by atoms with Crippen molar-refractivity contribution in [2.24, 2.45) is 0 Å². The van der Waals surface area contributed by atoms with Gasteiger partial charge in [0.1, 0.15) is 23.9 Å². The maximum Gasteiger partial charge on any atom is 0.405 e. The number of likely N-dealkylation sites (N-methyl/N-ethyl adjacent to an activating group) is 1. The summed E-state index contributed by atoms with van der Waals surface area (Å²) in [7, 11) is 1.46. The molecule has 4 rings (SSSR count). The molecule has 0 unspecified atom stereocenters. The molecule has 0 spiro atoms. The molecule has 1 amide bonds. The zero-order valence-corrected chi connectivity index (χ0v) is 23.4. The molecule has 9 nitrogen and oxygen atoms in total. The third kappa shape index (κ3) is 6.96. The van der Waals surface area contributed by atoms with Crippen molar-refractivity contribution in [1.82, 2.24) is 29.9 Å². The zero-order valence-electron chi connectivity index (χ0n) is 23.4. The van der Waals surface area contributed by atoms with Crippen molar-refractivity contribution in [3.8, 4) is 28.6 Å². The second-order valence-electron chi connectivity index (χ2n) is 10.2. The number of phenolic OH excluding ortho intramolecular Hbond substituents is 1. The van der Waals surface area contributed by atoms with Gasteiger partial charge in [-0.2, -0.15) is 13.2 Å². The van der Waals surface area contributed by atoms with E-state index in [4.69, 9.17) is 4.74 Å². The van der Waals surface area contributed by atoms with Crippen molar-refractivity contribution >= 4 is 5.91 Å². The lowest BCUT2D eigenvalue weighted by Gasteiger charge is -2.34. The topological polar surface area (TPSA) is 95.8 Å². The van der Waals surface area contributed by atoms with Gasteiger partial charge in [0.15, 0.2) is 5.82 Å². The number of nitrogens with zero attached hydrogens (tertiary/aromatic N) is 5. The number of amides is 1. The van der Waals surface area contributed by atoms with E-state index in [1.165, 1.54) is 19.2 Å². The van der Waals surface area contributed by atoms with Crippen LogP contribution < -0.4 is 10.1 Å². The molecule has 1 aliphatic rings. The fraction of sp³-hybridized carbons (Fsp3) is 0.464. The number of hydrogen-bond acceptors (Lipinski definition) is 7. The van der Waals surface area contributed by atoms with E-state index in [9.17, 15) is 23.1 Å². The first-order valence-electron chi connectivity index (χ1n) is 13.4. The summed E-state index contributed by atoms with van der Waals surface area (Å²) in [6, 6.07) is 7.31. The molecule has 41 heavy (non-hydrogen) atoms. The van der Waals surface area contributed by atoms with Gasteiger partial charge in [-0.15, -0.1) is 10.2 Å². The molecule has 2 heterocycles. The number of halogens is 4. The maximum absolute atomic E-state index is 15.5. The average Bonchev–Trinajstić information content (AvgIpc) is 3.37. The number of hydrogen-bond donors (Lipinski definition) is 2. The Labute approximate surface area is 235 Å². The minimum Gasteiger partial charge on any atom is -0.507 e. The molecule has 0 aliphatic carbocycles. The van der Waals surface area contributed by atoms with Gasteiger partial charge in [0, 0.05) is 44.4 Å². The predicted molar refractivity (Wildman–Crippen MR) is 145 cm³/mol. The van der Waals surface area contributed by atoms with E-state index < -0.39 is 30.3 Å². The highest BCUT2D eigenvalue weighted by atomic mass is 19.4. The quantitative estimate of drug-likeness (QED) is 0.365. The molecule has 3 aromatic rings. The van der Waals surface area contributed by atoms with Crippen LogP contribution in [0.4, 0.5) is 17.6 Å². The summed E-state index contributed by atoms with van der Waals surface area (Å²) >= 11 is 0. The molecule has 13 heteroatoms. The Balaban J connectivity index is 1.76. The summed E-state index contributed by atoms with van der Waals surface area (Å²) in [4.78, 5) is 17.3. The highest BCUT2D eigenvalue weighted by Crippen LogP contribution is 2.39. The number of methoxy groups -OCH3 is 1. The number of aromatic hydroxyl groups is 1. The van der Waals surface area contributed by atoms with Crippen molar-refractivity contribution < 1.29 is 32.2 Å². The molecule has 0 saturated carbocycles. The number of benzene rings is 2. The fourth-order valence-corrected chi connectivity index (χ4v) is 4.81. The molecule has 0 atom stereocenters. The molecule has 0 radical (unpaired) electrons. The van der Waals surface area contributed by atoms with Crippen LogP contribution in [0.5, 0.6) is 11.5 Å². The average molecular weight is 579 g/mol. The summed E-state index contributed by atoms with van der Waals surface area (Å²) in [5, 5.41) is 20.5. The van der Waals surface area contributed by atoms with Gasteiger partial charge >= 0.3 is 6.18 Å². The highest BCUT2D eigenvalue weighted by Gasteiger charge is 2.31. The molecular formula is C28H34F4N6O3. The summed E-state index contributed by atoms with van der Waals surface area (Å²) in [5.41, 5.74) is 1.41. The summed E-state index contributed by atoms with van der Waals surface area (Å²) < 4.78 is 60.5. The minimum atomic E-state index is -4.65. The minimum absolute atomic E-state index is 0.0360. The fourth-order valence-electron chi connectivity index (χ4n) is 4.81. The van der Waals surface area contributed by atoms with Crippen molar-refractivity contribution in [3.05, 3.63) is 53.1 Å². The Kier molecular flexibility index (Phi) is 9.17. The van der Waals surface area contributed by atoms with Crippen LogP contribution in [0.15, 0.2) is 30.3 Å². The maximum atomic E-state index is 15.5. The number of rotatable bonds is 9. The van der Waals surface area contributed by atoms with Crippen molar-refractivity contribution in [2.45, 2.75) is 39.4 Å². The first-order chi connectivity index (χ1) is 19.4. The Morgan fingerprint density at radius 3 is 2.37 bits per heavy atom. The van der Waals surface area contributed by atoms with Gasteiger partial charge in [-0.25, -0.2) is 4.39 Å². The van der Waals surface area contributed by atoms with Crippen LogP contribution in [0.2, 0.25) is 0 Å². The smallest absolute Gasteiger partial charge is 0.405 e. The lowest BCUT2D eigenvalue weighted by atomic mass is 9.98. The number of carbonyl (C=O) groups is 1. The number of ether oxygens (including phenoxy) is 1. The van der Waals surface area contributed by atoms with Gasteiger partial charge in [0.05, 0.1) is 18.4 Å². The van der Waals surface area contributed by atoms with Crippen LogP contribution in [0.3, 0.4) is 0 Å². The van der Waals surface area contributed by atoms with E-state index in [2.05, 4.69) is 26.9 Å². The standard InChI is InChI=1S/C28H34F4N6O3/c1-5-36-8-10-37(11-9-36)15-18-6-7-19(12-22(18)29)38-25(34-35-26(38)27(40)33-16-28(30,31)32)21-13-20(17(2)3)24(41-4)14-23(21)39/h6-7,12-14,17,39H,5,8-11,15-16H2,1-4H3,(H,33,40). The molecule has 1 saturated heterocycles. The molecule has 1 aromatic heterocycles. The lowest BCUT2D eigenvalue weighted by Crippen LogP contribution is -2.45. The SMILES string of the molecule is CCN1CCN(Cc2ccc(-n3c(C(=O)NCC(F)(F)F)nnc3-c3cc(C(C)C)c(OC)cc3O)cc2F)CC1. The highest BCUT2D eigenvalue weighted by molar-refractivity contribution is 5.92. The van der Waals surface area contributed by atoms with Crippen molar-refractivity contribution in [1.29, 1.82) is 0 Å². The van der Waals surface area contributed by atoms with Crippen molar-refractivity contribution in [2.75, 3.05) is 46.4 Å². The number of piperazine rings is 1. The van der Waals surface area contributed by atoms with Gasteiger partial charge in [-0.1, -0.05) is 26.8 Å². The first kappa shape index (κ1) is 30.3. The number of carbonyl (C=O) groups excluding carboxylic acids is 1. The molecule has 0 bridgehead atoms. The third-order valence-corrected chi connectivity index (χ3v) is 7.13. The lowest BCUT2D eigenvalue weighted by molar-refractivity contribution is -0.123. The van der Waals surface area contributed by atoms with Gasteiger partial charge in [0.25, 0.3) is 5.91 Å². The third-order valence-electron chi connectivity index (χ3n) is 7.13. The van der Waals surface area contributed by atoms with Crippen LogP contribution in [0.1, 0.15) is 48.4 Å². The monoisotopic (exact) mass is 578 g/mol. The van der Waals surface area contributed by atoms with E-state index >= 15 is 4.39 Å². The van der Waals surface area contributed by atoms with Crippen LogP contribution in [-0.4, -0.2) is 88.1 Å². The molecule has 2 aromatic carbocycles. The Morgan fingerprint density at radius 2 is 1.78 bits per heavy atom. The number of nitrogens with one attached hydrogen (secondary N) is 1. The predicted octanol–water partition coefficient (Wildman–Crippen LogP) is 4.34. The zero-order chi connectivity index (χ0) is 29.9. The van der Waals surface area contributed by atoms with E-state index in [0.717, 1.165) is 37.3 Å².